The number of fused-ring (bicyclic) bond motifs is 1. The van der Waals surface area contributed by atoms with E-state index in [1.807, 2.05) is 58.9 Å². The van der Waals surface area contributed by atoms with E-state index in [9.17, 15) is 9.59 Å². The largest absolute Gasteiger partial charge is 0.467 e. The number of nitrogens with zero attached hydrogens (tertiary/aromatic N) is 2. The van der Waals surface area contributed by atoms with Gasteiger partial charge in [0, 0.05) is 4.88 Å². The first-order chi connectivity index (χ1) is 15.3. The number of carbonyl (C=O) groups is 1. The predicted molar refractivity (Wildman–Crippen MR) is 130 cm³/mol. The predicted octanol–water partition coefficient (Wildman–Crippen LogP) is 5.07. The average molecular weight is 468 g/mol. The molecule has 1 aromatic carbocycles. The summed E-state index contributed by atoms with van der Waals surface area (Å²) < 4.78 is 6.93. The third kappa shape index (κ3) is 4.25. The standard InChI is InChI=1S/C24H25N3O3S2/c1-13-8-9-19(14(2)11-13)27-23(29)20-15(3)16(4)31-22(20)26-24(27)32-17(5)21(28)25-12-18-7-6-10-30-18/h6-11,17H,12H2,1-5H3,(H,25,28)/t17-/m1/s1. The van der Waals surface area contributed by atoms with Crippen LogP contribution < -0.4 is 10.9 Å². The molecule has 1 amide bonds. The van der Waals surface area contributed by atoms with E-state index in [0.717, 1.165) is 27.3 Å². The topological polar surface area (TPSA) is 77.1 Å². The minimum absolute atomic E-state index is 0.102. The third-order valence-electron chi connectivity index (χ3n) is 5.43. The van der Waals surface area contributed by atoms with Crippen molar-refractivity contribution in [1.82, 2.24) is 14.9 Å². The molecule has 0 fully saturated rings. The van der Waals surface area contributed by atoms with Crippen LogP contribution >= 0.6 is 23.1 Å². The summed E-state index contributed by atoms with van der Waals surface area (Å²) in [5.41, 5.74) is 3.74. The number of thiophene rings is 1. The molecule has 1 N–H and O–H groups in total. The molecule has 6 nitrogen and oxygen atoms in total. The number of carbonyl (C=O) groups excluding carboxylic acids is 1. The van der Waals surface area contributed by atoms with E-state index in [1.165, 1.54) is 23.1 Å². The maximum Gasteiger partial charge on any atom is 0.267 e. The van der Waals surface area contributed by atoms with Crippen molar-refractivity contribution in [1.29, 1.82) is 0 Å². The molecule has 3 heterocycles. The summed E-state index contributed by atoms with van der Waals surface area (Å²) in [6.45, 7) is 10.1. The molecule has 0 saturated heterocycles. The van der Waals surface area contributed by atoms with E-state index >= 15 is 0 Å². The highest BCUT2D eigenvalue weighted by molar-refractivity contribution is 8.00. The lowest BCUT2D eigenvalue weighted by atomic mass is 10.1. The fraction of sp³-hybridized carbons (Fsp3) is 0.292. The van der Waals surface area contributed by atoms with Crippen LogP contribution in [0, 0.1) is 27.7 Å². The molecule has 32 heavy (non-hydrogen) atoms. The van der Waals surface area contributed by atoms with Crippen LogP contribution in [0.25, 0.3) is 15.9 Å². The highest BCUT2D eigenvalue weighted by Crippen LogP contribution is 2.31. The molecule has 0 saturated carbocycles. The summed E-state index contributed by atoms with van der Waals surface area (Å²) in [5.74, 6) is 0.540. The fourth-order valence-corrected chi connectivity index (χ4v) is 5.58. The maximum absolute atomic E-state index is 13.7. The van der Waals surface area contributed by atoms with Gasteiger partial charge in [0.25, 0.3) is 5.56 Å². The Kier molecular flexibility index (Phi) is 6.26. The lowest BCUT2D eigenvalue weighted by molar-refractivity contribution is -0.120. The first kappa shape index (κ1) is 22.4. The Hall–Kier alpha value is -2.84. The number of benzene rings is 1. The zero-order valence-corrected chi connectivity index (χ0v) is 20.3. The van der Waals surface area contributed by atoms with E-state index in [4.69, 9.17) is 9.40 Å². The highest BCUT2D eigenvalue weighted by atomic mass is 32.2. The maximum atomic E-state index is 13.7. The molecule has 8 heteroatoms. The monoisotopic (exact) mass is 467 g/mol. The molecule has 0 aliphatic rings. The molecule has 0 spiro atoms. The summed E-state index contributed by atoms with van der Waals surface area (Å²) in [6.07, 6.45) is 1.58. The lowest BCUT2D eigenvalue weighted by Crippen LogP contribution is -2.31. The molecule has 4 rings (SSSR count). The first-order valence-corrected chi connectivity index (χ1v) is 12.0. The van der Waals surface area contributed by atoms with Gasteiger partial charge in [-0.2, -0.15) is 0 Å². The number of thioether (sulfide) groups is 1. The summed E-state index contributed by atoms with van der Waals surface area (Å²) in [5, 5.41) is 3.59. The summed E-state index contributed by atoms with van der Waals surface area (Å²) >= 11 is 2.79. The second-order valence-corrected chi connectivity index (χ2v) is 10.4. The second kappa shape index (κ2) is 8.96. The highest BCUT2D eigenvalue weighted by Gasteiger charge is 2.23. The Balaban J connectivity index is 1.75. The molecular formula is C24H25N3O3S2. The zero-order valence-electron chi connectivity index (χ0n) is 18.7. The van der Waals surface area contributed by atoms with Crippen molar-refractivity contribution >= 4 is 39.2 Å². The normalized spacial score (nSPS) is 12.3. The van der Waals surface area contributed by atoms with Crippen molar-refractivity contribution in [3.63, 3.8) is 0 Å². The number of hydrogen-bond donors (Lipinski definition) is 1. The van der Waals surface area contributed by atoms with Crippen LogP contribution in [-0.4, -0.2) is 20.7 Å². The smallest absolute Gasteiger partial charge is 0.267 e. The Labute approximate surface area is 194 Å². The van der Waals surface area contributed by atoms with Crippen molar-refractivity contribution in [2.45, 2.75) is 51.6 Å². The van der Waals surface area contributed by atoms with Crippen molar-refractivity contribution in [2.75, 3.05) is 0 Å². The van der Waals surface area contributed by atoms with Crippen LogP contribution in [0.4, 0.5) is 0 Å². The van der Waals surface area contributed by atoms with Gasteiger partial charge in [-0.3, -0.25) is 14.2 Å². The Morgan fingerprint density at radius 1 is 1.25 bits per heavy atom. The van der Waals surface area contributed by atoms with Crippen LogP contribution in [0.3, 0.4) is 0 Å². The van der Waals surface area contributed by atoms with Crippen LogP contribution in [-0.2, 0) is 11.3 Å². The van der Waals surface area contributed by atoms with Gasteiger partial charge in [-0.25, -0.2) is 4.98 Å². The van der Waals surface area contributed by atoms with Gasteiger partial charge in [0.05, 0.1) is 29.1 Å². The van der Waals surface area contributed by atoms with Crippen molar-refractivity contribution < 1.29 is 9.21 Å². The van der Waals surface area contributed by atoms with Crippen LogP contribution in [0.5, 0.6) is 0 Å². The van der Waals surface area contributed by atoms with E-state index in [-0.39, 0.29) is 11.5 Å². The van der Waals surface area contributed by atoms with E-state index in [0.29, 0.717) is 27.7 Å². The van der Waals surface area contributed by atoms with Gasteiger partial charge < -0.3 is 9.73 Å². The average Bonchev–Trinajstić information content (AvgIpc) is 3.35. The molecule has 0 radical (unpaired) electrons. The number of aromatic nitrogens is 2. The molecule has 0 bridgehead atoms. The van der Waals surface area contributed by atoms with Gasteiger partial charge in [-0.05, 0) is 63.9 Å². The lowest BCUT2D eigenvalue weighted by Gasteiger charge is -2.17. The number of amides is 1. The zero-order chi connectivity index (χ0) is 23.0. The quantitative estimate of drug-likeness (QED) is 0.316. The number of nitrogens with one attached hydrogen (secondary N) is 1. The first-order valence-electron chi connectivity index (χ1n) is 10.3. The Bertz CT molecular complexity index is 1350. The Morgan fingerprint density at radius 2 is 2.03 bits per heavy atom. The van der Waals surface area contributed by atoms with Crippen LogP contribution in [0.15, 0.2) is 51.0 Å². The fourth-order valence-electron chi connectivity index (χ4n) is 3.57. The van der Waals surface area contributed by atoms with Crippen molar-refractivity contribution in [3.8, 4) is 5.69 Å². The van der Waals surface area contributed by atoms with Gasteiger partial charge >= 0.3 is 0 Å². The summed E-state index contributed by atoms with van der Waals surface area (Å²) in [4.78, 5) is 33.0. The summed E-state index contributed by atoms with van der Waals surface area (Å²) in [6, 6.07) is 9.57. The van der Waals surface area contributed by atoms with Gasteiger partial charge in [0.15, 0.2) is 5.16 Å². The van der Waals surface area contributed by atoms with Crippen LogP contribution in [0.1, 0.15) is 34.3 Å². The molecule has 4 aromatic rings. The second-order valence-electron chi connectivity index (χ2n) is 7.85. The minimum atomic E-state index is -0.450. The van der Waals surface area contributed by atoms with Crippen LogP contribution in [0.2, 0.25) is 0 Å². The SMILES string of the molecule is Cc1ccc(-n2c(S[C@H](C)C(=O)NCc3ccco3)nc3sc(C)c(C)c3c2=O)c(C)c1. The van der Waals surface area contributed by atoms with E-state index < -0.39 is 5.25 Å². The molecular weight excluding hydrogens is 442 g/mol. The van der Waals surface area contributed by atoms with Crippen molar-refractivity contribution in [2.24, 2.45) is 0 Å². The van der Waals surface area contributed by atoms with Gasteiger partial charge in [0.1, 0.15) is 10.6 Å². The molecule has 1 atom stereocenters. The van der Waals surface area contributed by atoms with E-state index in [2.05, 4.69) is 5.32 Å². The molecule has 0 aliphatic carbocycles. The van der Waals surface area contributed by atoms with Gasteiger partial charge in [-0.15, -0.1) is 11.3 Å². The van der Waals surface area contributed by atoms with Gasteiger partial charge in [0.2, 0.25) is 5.91 Å². The van der Waals surface area contributed by atoms with Crippen molar-refractivity contribution in [3.05, 3.63) is 74.3 Å². The Morgan fingerprint density at radius 3 is 2.72 bits per heavy atom. The van der Waals surface area contributed by atoms with Gasteiger partial charge in [-0.1, -0.05) is 29.5 Å². The molecule has 0 unspecified atom stereocenters. The third-order valence-corrected chi connectivity index (χ3v) is 7.59. The summed E-state index contributed by atoms with van der Waals surface area (Å²) in [7, 11) is 0. The number of hydrogen-bond acceptors (Lipinski definition) is 6. The molecule has 3 aromatic heterocycles. The van der Waals surface area contributed by atoms with E-state index in [1.54, 1.807) is 16.9 Å². The number of furan rings is 1. The molecule has 166 valence electrons. The number of rotatable bonds is 6. The number of aryl methyl sites for hydroxylation is 4. The molecule has 0 aliphatic heterocycles. The minimum Gasteiger partial charge on any atom is -0.467 e.